The van der Waals surface area contributed by atoms with Gasteiger partial charge in [-0.2, -0.15) is 0 Å². The highest BCUT2D eigenvalue weighted by atomic mass is 31.2. The molecular formula is C3H7O6P. The maximum Gasteiger partial charge on any atom is 0.470 e. The van der Waals surface area contributed by atoms with Crippen molar-refractivity contribution in [3.63, 3.8) is 0 Å². The van der Waals surface area contributed by atoms with Gasteiger partial charge in [0, 0.05) is 0 Å². The van der Waals surface area contributed by atoms with E-state index in [1.54, 1.807) is 0 Å². The first kappa shape index (κ1) is 9.74. The van der Waals surface area contributed by atoms with Gasteiger partial charge in [0.05, 0.1) is 6.61 Å². The van der Waals surface area contributed by atoms with Gasteiger partial charge < -0.3 is 19.7 Å². The van der Waals surface area contributed by atoms with Crippen LogP contribution in [0.5, 0.6) is 0 Å². The molecule has 3 N–H and O–H groups in total. The lowest BCUT2D eigenvalue weighted by Crippen LogP contribution is -2.17. The van der Waals surface area contributed by atoms with Crippen molar-refractivity contribution in [3.05, 3.63) is 0 Å². The number of aliphatic hydroxyl groups excluding tert-OH is 1. The summed E-state index contributed by atoms with van der Waals surface area (Å²) >= 11 is 0. The van der Waals surface area contributed by atoms with Crippen molar-refractivity contribution in [2.75, 3.05) is 6.61 Å². The third-order valence-electron chi connectivity index (χ3n) is 0.604. The summed E-state index contributed by atoms with van der Waals surface area (Å²) in [7, 11) is -4.65. The summed E-state index contributed by atoms with van der Waals surface area (Å²) in [6, 6.07) is 0. The topological polar surface area (TPSA) is 104 Å². The molecule has 0 aromatic carbocycles. The minimum atomic E-state index is -4.65. The summed E-state index contributed by atoms with van der Waals surface area (Å²) in [4.78, 5) is 25.9. The molecule has 0 aliphatic rings. The Kier molecular flexibility index (Phi) is 3.70. The number of aldehydes is 1. The second-order valence-electron chi connectivity index (χ2n) is 1.45. The first-order chi connectivity index (χ1) is 4.49. The maximum absolute atomic E-state index is 9.96. The molecule has 0 aromatic rings. The van der Waals surface area contributed by atoms with Crippen LogP contribution in [0.2, 0.25) is 0 Å². The lowest BCUT2D eigenvalue weighted by molar-refractivity contribution is -0.116. The highest BCUT2D eigenvalue weighted by Crippen LogP contribution is 2.36. The summed E-state index contributed by atoms with van der Waals surface area (Å²) in [6.45, 7) is -0.741. The Balaban J connectivity index is 3.86. The van der Waals surface area contributed by atoms with E-state index in [1.807, 2.05) is 0 Å². The van der Waals surface area contributed by atoms with Crippen LogP contribution in [0.1, 0.15) is 0 Å². The third-order valence-corrected chi connectivity index (χ3v) is 1.15. The van der Waals surface area contributed by atoms with Crippen molar-refractivity contribution in [2.24, 2.45) is 0 Å². The molecule has 0 saturated heterocycles. The van der Waals surface area contributed by atoms with E-state index in [1.165, 1.54) is 0 Å². The van der Waals surface area contributed by atoms with E-state index in [4.69, 9.17) is 14.9 Å². The van der Waals surface area contributed by atoms with Crippen molar-refractivity contribution >= 4 is 14.1 Å². The minimum absolute atomic E-state index is 0.110. The zero-order valence-corrected chi connectivity index (χ0v) is 5.77. The SMILES string of the molecule is O=CC(CO)OP(=O)(O)O. The Morgan fingerprint density at radius 2 is 2.10 bits per heavy atom. The molecule has 0 amide bonds. The van der Waals surface area contributed by atoms with E-state index in [0.29, 0.717) is 0 Å². The number of phosphoric ester groups is 1. The first-order valence-corrected chi connectivity index (χ1v) is 3.82. The van der Waals surface area contributed by atoms with Crippen LogP contribution in [-0.4, -0.2) is 33.9 Å². The molecule has 7 heteroatoms. The largest absolute Gasteiger partial charge is 0.470 e. The van der Waals surface area contributed by atoms with Crippen LogP contribution in [0.15, 0.2) is 0 Å². The molecule has 1 atom stereocenters. The molecule has 0 aromatic heterocycles. The summed E-state index contributed by atoms with van der Waals surface area (Å²) in [5.41, 5.74) is 0. The van der Waals surface area contributed by atoms with Crippen LogP contribution in [0.25, 0.3) is 0 Å². The number of carbonyl (C=O) groups excluding carboxylic acids is 1. The zero-order valence-electron chi connectivity index (χ0n) is 4.88. The summed E-state index contributed by atoms with van der Waals surface area (Å²) < 4.78 is 13.7. The first-order valence-electron chi connectivity index (χ1n) is 2.29. The van der Waals surface area contributed by atoms with Crippen molar-refractivity contribution in [2.45, 2.75) is 6.10 Å². The molecule has 0 aliphatic heterocycles. The van der Waals surface area contributed by atoms with E-state index in [0.717, 1.165) is 0 Å². The molecule has 0 rings (SSSR count). The quantitative estimate of drug-likeness (QED) is 0.356. The van der Waals surface area contributed by atoms with Gasteiger partial charge >= 0.3 is 7.82 Å². The standard InChI is InChI=1S/C3H7O6P/c4-1-3(2-5)9-10(6,7)8/h1,3,5H,2H2,(H2,6,7,8). The fourth-order valence-electron chi connectivity index (χ4n) is 0.278. The number of rotatable bonds is 4. The average Bonchev–Trinajstić information content (AvgIpc) is 1.81. The molecule has 0 fully saturated rings. The molecule has 6 nitrogen and oxygen atoms in total. The highest BCUT2D eigenvalue weighted by molar-refractivity contribution is 7.46. The summed E-state index contributed by atoms with van der Waals surface area (Å²) in [5, 5.41) is 8.19. The van der Waals surface area contributed by atoms with E-state index >= 15 is 0 Å². The van der Waals surface area contributed by atoms with Crippen molar-refractivity contribution in [1.29, 1.82) is 0 Å². The van der Waals surface area contributed by atoms with E-state index in [-0.39, 0.29) is 6.29 Å². The lowest BCUT2D eigenvalue weighted by atomic mass is 10.4. The normalized spacial score (nSPS) is 14.7. The van der Waals surface area contributed by atoms with E-state index in [2.05, 4.69) is 4.52 Å². The number of aliphatic hydroxyl groups is 1. The average molecular weight is 170 g/mol. The molecule has 60 valence electrons. The molecule has 0 radical (unpaired) electrons. The second-order valence-corrected chi connectivity index (χ2v) is 2.65. The fourth-order valence-corrected chi connectivity index (χ4v) is 0.747. The fraction of sp³-hybridized carbons (Fsp3) is 0.667. The van der Waals surface area contributed by atoms with Gasteiger partial charge in [-0.25, -0.2) is 4.57 Å². The van der Waals surface area contributed by atoms with Gasteiger partial charge in [-0.3, -0.25) is 4.52 Å². The molecule has 1 unspecified atom stereocenters. The van der Waals surface area contributed by atoms with E-state index < -0.39 is 20.5 Å². The number of hydrogen-bond donors (Lipinski definition) is 3. The predicted molar refractivity (Wildman–Crippen MR) is 30.1 cm³/mol. The van der Waals surface area contributed by atoms with E-state index in [9.17, 15) is 9.36 Å². The second kappa shape index (κ2) is 3.80. The van der Waals surface area contributed by atoms with Crippen molar-refractivity contribution in [1.82, 2.24) is 0 Å². The maximum atomic E-state index is 9.96. The lowest BCUT2D eigenvalue weighted by Gasteiger charge is -2.08. The van der Waals surface area contributed by atoms with Crippen LogP contribution in [0.4, 0.5) is 0 Å². The summed E-state index contributed by atoms with van der Waals surface area (Å²) in [6.07, 6.45) is -1.33. The van der Waals surface area contributed by atoms with Gasteiger partial charge in [0.25, 0.3) is 0 Å². The molecule has 0 heterocycles. The zero-order chi connectivity index (χ0) is 8.20. The van der Waals surface area contributed by atoms with Crippen LogP contribution < -0.4 is 0 Å². The number of carbonyl (C=O) groups is 1. The van der Waals surface area contributed by atoms with Gasteiger partial charge in [0.2, 0.25) is 0 Å². The van der Waals surface area contributed by atoms with Crippen LogP contribution in [0, 0.1) is 0 Å². The number of phosphoric acid groups is 1. The molecule has 10 heavy (non-hydrogen) atoms. The van der Waals surface area contributed by atoms with Crippen LogP contribution in [-0.2, 0) is 13.9 Å². The molecular weight excluding hydrogens is 163 g/mol. The molecule has 0 saturated carbocycles. The van der Waals surface area contributed by atoms with Crippen molar-refractivity contribution < 1.29 is 28.8 Å². The van der Waals surface area contributed by atoms with Crippen molar-refractivity contribution in [3.8, 4) is 0 Å². The Hall–Kier alpha value is -0.260. The minimum Gasteiger partial charge on any atom is -0.393 e. The Labute approximate surface area is 56.7 Å². The highest BCUT2D eigenvalue weighted by Gasteiger charge is 2.20. The van der Waals surface area contributed by atoms with Gasteiger partial charge in [0.15, 0.2) is 6.29 Å². The third kappa shape index (κ3) is 4.60. The van der Waals surface area contributed by atoms with Gasteiger partial charge in [-0.15, -0.1) is 0 Å². The predicted octanol–water partition coefficient (Wildman–Crippen LogP) is -1.34. The number of hydrogen-bond acceptors (Lipinski definition) is 4. The summed E-state index contributed by atoms with van der Waals surface area (Å²) in [5.74, 6) is 0. The monoisotopic (exact) mass is 170 g/mol. The Bertz CT molecular complexity index is 149. The van der Waals surface area contributed by atoms with Crippen LogP contribution >= 0.6 is 7.82 Å². The van der Waals surface area contributed by atoms with Gasteiger partial charge in [-0.05, 0) is 0 Å². The Morgan fingerprint density at radius 1 is 1.60 bits per heavy atom. The van der Waals surface area contributed by atoms with Crippen LogP contribution in [0.3, 0.4) is 0 Å². The molecule has 0 spiro atoms. The van der Waals surface area contributed by atoms with Gasteiger partial charge in [0.1, 0.15) is 6.10 Å². The Morgan fingerprint density at radius 3 is 2.20 bits per heavy atom. The van der Waals surface area contributed by atoms with Gasteiger partial charge in [-0.1, -0.05) is 0 Å². The molecule has 0 bridgehead atoms. The molecule has 0 aliphatic carbocycles. The smallest absolute Gasteiger partial charge is 0.393 e.